The standard InChI is InChI=1S/C26H25ClN2O5/c1-33-24-16-19(8-11-23(24)34-17-18-6-9-20(27)10-7-18)25(31)28-12-14-29(15-13-28)26(32)21-4-2-3-5-22(21)30/h2-11,16,30H,12-15,17H2,1H3. The molecule has 1 fully saturated rings. The molecule has 0 atom stereocenters. The van der Waals surface area contributed by atoms with E-state index in [1.165, 1.54) is 13.2 Å². The molecular weight excluding hydrogens is 456 g/mol. The van der Waals surface area contributed by atoms with Gasteiger partial charge in [-0.3, -0.25) is 9.59 Å². The second-order valence-corrected chi connectivity index (χ2v) is 8.32. The van der Waals surface area contributed by atoms with E-state index in [-0.39, 0.29) is 23.1 Å². The number of rotatable bonds is 6. The Bertz CT molecular complexity index is 1170. The maximum absolute atomic E-state index is 13.1. The third kappa shape index (κ3) is 5.26. The minimum atomic E-state index is -0.242. The molecule has 4 rings (SSSR count). The first-order chi connectivity index (χ1) is 16.5. The molecule has 34 heavy (non-hydrogen) atoms. The number of nitrogens with zero attached hydrogens (tertiary/aromatic N) is 2. The van der Waals surface area contributed by atoms with Crippen molar-refractivity contribution >= 4 is 23.4 Å². The highest BCUT2D eigenvalue weighted by Gasteiger charge is 2.27. The van der Waals surface area contributed by atoms with E-state index < -0.39 is 0 Å². The molecule has 0 aliphatic carbocycles. The smallest absolute Gasteiger partial charge is 0.257 e. The lowest BCUT2D eigenvalue weighted by Crippen LogP contribution is -2.50. The zero-order valence-electron chi connectivity index (χ0n) is 18.7. The molecule has 1 aliphatic heterocycles. The van der Waals surface area contributed by atoms with Gasteiger partial charge in [-0.15, -0.1) is 0 Å². The van der Waals surface area contributed by atoms with Crippen LogP contribution in [0, 0.1) is 0 Å². The van der Waals surface area contributed by atoms with E-state index in [0.29, 0.717) is 54.9 Å². The van der Waals surface area contributed by atoms with E-state index in [4.69, 9.17) is 21.1 Å². The fourth-order valence-corrected chi connectivity index (χ4v) is 3.91. The van der Waals surface area contributed by atoms with Crippen LogP contribution in [0.4, 0.5) is 0 Å². The van der Waals surface area contributed by atoms with Gasteiger partial charge in [-0.1, -0.05) is 35.9 Å². The molecule has 0 spiro atoms. The van der Waals surface area contributed by atoms with Crippen molar-refractivity contribution in [2.75, 3.05) is 33.3 Å². The van der Waals surface area contributed by atoms with Gasteiger partial charge in [-0.2, -0.15) is 0 Å². The Balaban J connectivity index is 1.38. The number of aromatic hydroxyl groups is 1. The van der Waals surface area contributed by atoms with Gasteiger partial charge in [0.15, 0.2) is 11.5 Å². The van der Waals surface area contributed by atoms with Crippen molar-refractivity contribution in [1.82, 2.24) is 9.80 Å². The van der Waals surface area contributed by atoms with Gasteiger partial charge in [-0.25, -0.2) is 0 Å². The first-order valence-electron chi connectivity index (χ1n) is 10.9. The fourth-order valence-electron chi connectivity index (χ4n) is 3.78. The Morgan fingerprint density at radius 1 is 0.882 bits per heavy atom. The van der Waals surface area contributed by atoms with Gasteiger partial charge in [0.2, 0.25) is 0 Å². The summed E-state index contributed by atoms with van der Waals surface area (Å²) in [4.78, 5) is 29.1. The van der Waals surface area contributed by atoms with Crippen molar-refractivity contribution in [2.45, 2.75) is 6.61 Å². The Labute approximate surface area is 203 Å². The highest BCUT2D eigenvalue weighted by atomic mass is 35.5. The largest absolute Gasteiger partial charge is 0.507 e. The lowest BCUT2D eigenvalue weighted by molar-refractivity contribution is 0.0533. The highest BCUT2D eigenvalue weighted by molar-refractivity contribution is 6.30. The number of piperazine rings is 1. The average Bonchev–Trinajstić information content (AvgIpc) is 2.88. The third-order valence-corrected chi connectivity index (χ3v) is 5.96. The van der Waals surface area contributed by atoms with Gasteiger partial charge in [-0.05, 0) is 48.0 Å². The second-order valence-electron chi connectivity index (χ2n) is 7.88. The van der Waals surface area contributed by atoms with Crippen LogP contribution in [0.5, 0.6) is 17.2 Å². The van der Waals surface area contributed by atoms with Crippen LogP contribution in [0.1, 0.15) is 26.3 Å². The van der Waals surface area contributed by atoms with Gasteiger partial charge in [0, 0.05) is 36.8 Å². The lowest BCUT2D eigenvalue weighted by atomic mass is 10.1. The number of hydrogen-bond acceptors (Lipinski definition) is 5. The molecule has 1 saturated heterocycles. The van der Waals surface area contributed by atoms with Crippen molar-refractivity contribution in [1.29, 1.82) is 0 Å². The Morgan fingerprint density at radius 3 is 2.18 bits per heavy atom. The van der Waals surface area contributed by atoms with Gasteiger partial charge < -0.3 is 24.4 Å². The quantitative estimate of drug-likeness (QED) is 0.571. The SMILES string of the molecule is COc1cc(C(=O)N2CCN(C(=O)c3ccccc3O)CC2)ccc1OCc1ccc(Cl)cc1. The van der Waals surface area contributed by atoms with Crippen LogP contribution in [-0.4, -0.2) is 60.0 Å². The van der Waals surface area contributed by atoms with Crippen molar-refractivity contribution in [2.24, 2.45) is 0 Å². The molecule has 7 nitrogen and oxygen atoms in total. The molecule has 8 heteroatoms. The van der Waals surface area contributed by atoms with E-state index in [1.807, 2.05) is 12.1 Å². The number of amides is 2. The summed E-state index contributed by atoms with van der Waals surface area (Å²) in [6.07, 6.45) is 0. The predicted octanol–water partition coefficient (Wildman–Crippen LogP) is 4.23. The zero-order valence-corrected chi connectivity index (χ0v) is 19.5. The van der Waals surface area contributed by atoms with E-state index >= 15 is 0 Å². The van der Waals surface area contributed by atoms with Gasteiger partial charge in [0.05, 0.1) is 12.7 Å². The number of benzene rings is 3. The average molecular weight is 481 g/mol. The molecule has 1 heterocycles. The van der Waals surface area contributed by atoms with Crippen LogP contribution in [0.3, 0.4) is 0 Å². The minimum Gasteiger partial charge on any atom is -0.507 e. The van der Waals surface area contributed by atoms with Gasteiger partial charge in [0.1, 0.15) is 12.4 Å². The van der Waals surface area contributed by atoms with Gasteiger partial charge >= 0.3 is 0 Å². The number of methoxy groups -OCH3 is 1. The van der Waals surface area contributed by atoms with Crippen LogP contribution in [0.2, 0.25) is 5.02 Å². The minimum absolute atomic E-state index is 0.0449. The number of carbonyl (C=O) groups excluding carboxylic acids is 2. The molecule has 0 bridgehead atoms. The molecule has 0 unspecified atom stereocenters. The zero-order chi connectivity index (χ0) is 24.1. The summed E-state index contributed by atoms with van der Waals surface area (Å²) in [6.45, 7) is 1.91. The topological polar surface area (TPSA) is 79.3 Å². The number of phenols is 1. The summed E-state index contributed by atoms with van der Waals surface area (Å²) in [6, 6.07) is 18.9. The van der Waals surface area contributed by atoms with Crippen molar-refractivity contribution in [3.8, 4) is 17.2 Å². The molecule has 176 valence electrons. The molecule has 0 radical (unpaired) electrons. The molecule has 0 saturated carbocycles. The molecule has 3 aromatic rings. The maximum atomic E-state index is 13.1. The molecule has 3 aromatic carbocycles. The number of hydrogen-bond donors (Lipinski definition) is 1. The van der Waals surface area contributed by atoms with E-state index in [1.54, 1.807) is 58.3 Å². The number of carbonyl (C=O) groups is 2. The number of para-hydroxylation sites is 1. The molecule has 1 aliphatic rings. The Hall–Kier alpha value is -3.71. The highest BCUT2D eigenvalue weighted by Crippen LogP contribution is 2.30. The Kier molecular flexibility index (Phi) is 7.23. The first kappa shape index (κ1) is 23.4. The predicted molar refractivity (Wildman–Crippen MR) is 129 cm³/mol. The van der Waals surface area contributed by atoms with Crippen LogP contribution >= 0.6 is 11.6 Å². The third-order valence-electron chi connectivity index (χ3n) is 5.71. The lowest BCUT2D eigenvalue weighted by Gasteiger charge is -2.35. The van der Waals surface area contributed by atoms with Crippen LogP contribution < -0.4 is 9.47 Å². The first-order valence-corrected chi connectivity index (χ1v) is 11.3. The van der Waals surface area contributed by atoms with Crippen molar-refractivity contribution in [3.63, 3.8) is 0 Å². The van der Waals surface area contributed by atoms with Gasteiger partial charge in [0.25, 0.3) is 11.8 Å². The van der Waals surface area contributed by atoms with E-state index in [2.05, 4.69) is 0 Å². The molecular formula is C26H25ClN2O5. The fraction of sp³-hybridized carbons (Fsp3) is 0.231. The summed E-state index contributed by atoms with van der Waals surface area (Å²) in [5, 5.41) is 10.6. The van der Waals surface area contributed by atoms with Crippen molar-refractivity contribution < 1.29 is 24.2 Å². The van der Waals surface area contributed by atoms with E-state index in [9.17, 15) is 14.7 Å². The maximum Gasteiger partial charge on any atom is 0.257 e. The molecule has 0 aromatic heterocycles. The summed E-state index contributed by atoms with van der Waals surface area (Å²) in [7, 11) is 1.53. The monoisotopic (exact) mass is 480 g/mol. The molecule has 2 amide bonds. The van der Waals surface area contributed by atoms with E-state index in [0.717, 1.165) is 5.56 Å². The number of ether oxygens (including phenoxy) is 2. The summed E-state index contributed by atoms with van der Waals surface area (Å²) < 4.78 is 11.3. The number of phenolic OH excluding ortho intramolecular Hbond substituents is 1. The van der Waals surface area contributed by atoms with Crippen LogP contribution in [0.25, 0.3) is 0 Å². The second kappa shape index (κ2) is 10.5. The summed E-state index contributed by atoms with van der Waals surface area (Å²) in [5.74, 6) is 0.572. The molecule has 1 N–H and O–H groups in total. The van der Waals surface area contributed by atoms with Crippen LogP contribution in [0.15, 0.2) is 66.7 Å². The Morgan fingerprint density at radius 2 is 1.53 bits per heavy atom. The van der Waals surface area contributed by atoms with Crippen LogP contribution in [-0.2, 0) is 6.61 Å². The summed E-state index contributed by atoms with van der Waals surface area (Å²) >= 11 is 5.92. The normalized spacial score (nSPS) is 13.5. The van der Waals surface area contributed by atoms with Crippen molar-refractivity contribution in [3.05, 3.63) is 88.4 Å². The summed E-state index contributed by atoms with van der Waals surface area (Å²) in [5.41, 5.74) is 1.71. The number of halogens is 1.